The van der Waals surface area contributed by atoms with Gasteiger partial charge in [0, 0.05) is 19.2 Å². The molecule has 0 radical (unpaired) electrons. The van der Waals surface area contributed by atoms with E-state index in [1.165, 1.54) is 10.9 Å². The Bertz CT molecular complexity index is 643. The van der Waals surface area contributed by atoms with E-state index in [0.29, 0.717) is 30.9 Å². The van der Waals surface area contributed by atoms with Crippen molar-refractivity contribution in [2.75, 3.05) is 6.61 Å². The van der Waals surface area contributed by atoms with Gasteiger partial charge in [-0.05, 0) is 24.3 Å². The highest BCUT2D eigenvalue weighted by atomic mass is 19.4. The average Bonchev–Trinajstić information content (AvgIpc) is 2.93. The van der Waals surface area contributed by atoms with Crippen molar-refractivity contribution in [3.05, 3.63) is 47.8 Å². The molecule has 110 valence electrons. The Morgan fingerprint density at radius 2 is 2.10 bits per heavy atom. The molecule has 0 saturated carbocycles. The standard InChI is InChI=1S/C14H12F3N3O/c15-14(16,17)13-5-7-20(19-13)6-2-8-21-12-4-1-3-11(9-12)10-18/h1,3-5,7,9H,2,6,8H2. The number of rotatable bonds is 5. The van der Waals surface area contributed by atoms with E-state index in [2.05, 4.69) is 5.10 Å². The van der Waals surface area contributed by atoms with Crippen LogP contribution in [-0.4, -0.2) is 16.4 Å². The smallest absolute Gasteiger partial charge is 0.435 e. The van der Waals surface area contributed by atoms with E-state index in [0.717, 1.165) is 6.07 Å². The zero-order chi connectivity index (χ0) is 15.3. The largest absolute Gasteiger partial charge is 0.493 e. The van der Waals surface area contributed by atoms with Crippen LogP contribution in [0.2, 0.25) is 0 Å². The Kier molecular flexibility index (Phi) is 4.48. The number of alkyl halides is 3. The zero-order valence-electron chi connectivity index (χ0n) is 11.0. The molecule has 4 nitrogen and oxygen atoms in total. The molecule has 0 unspecified atom stereocenters. The van der Waals surface area contributed by atoms with Crippen LogP contribution in [0, 0.1) is 11.3 Å². The minimum Gasteiger partial charge on any atom is -0.493 e. The summed E-state index contributed by atoms with van der Waals surface area (Å²) in [5.41, 5.74) is -0.403. The van der Waals surface area contributed by atoms with Crippen molar-refractivity contribution >= 4 is 0 Å². The first-order valence-corrected chi connectivity index (χ1v) is 6.22. The predicted molar refractivity (Wildman–Crippen MR) is 68.5 cm³/mol. The summed E-state index contributed by atoms with van der Waals surface area (Å²) in [6, 6.07) is 9.63. The van der Waals surface area contributed by atoms with Crippen LogP contribution in [0.25, 0.3) is 0 Å². The Labute approximate surface area is 119 Å². The minimum absolute atomic E-state index is 0.327. The lowest BCUT2D eigenvalue weighted by Gasteiger charge is -2.06. The molecule has 0 aliphatic rings. The number of hydrogen-bond donors (Lipinski definition) is 0. The van der Waals surface area contributed by atoms with Crippen molar-refractivity contribution in [3.8, 4) is 11.8 Å². The lowest BCUT2D eigenvalue weighted by Crippen LogP contribution is -2.09. The van der Waals surface area contributed by atoms with E-state index in [1.54, 1.807) is 24.3 Å². The van der Waals surface area contributed by atoms with Gasteiger partial charge < -0.3 is 4.74 Å². The van der Waals surface area contributed by atoms with E-state index < -0.39 is 11.9 Å². The number of hydrogen-bond acceptors (Lipinski definition) is 3. The van der Waals surface area contributed by atoms with Gasteiger partial charge in [0.25, 0.3) is 0 Å². The molecule has 0 atom stereocenters. The highest BCUT2D eigenvalue weighted by Gasteiger charge is 2.33. The molecule has 7 heteroatoms. The molecule has 0 fully saturated rings. The maximum absolute atomic E-state index is 12.4. The van der Waals surface area contributed by atoms with Crippen LogP contribution >= 0.6 is 0 Å². The Hall–Kier alpha value is -2.49. The van der Waals surface area contributed by atoms with Gasteiger partial charge in [-0.15, -0.1) is 0 Å². The third kappa shape index (κ3) is 4.24. The quantitative estimate of drug-likeness (QED) is 0.796. The van der Waals surface area contributed by atoms with Gasteiger partial charge >= 0.3 is 6.18 Å². The van der Waals surface area contributed by atoms with Crippen LogP contribution < -0.4 is 4.74 Å². The topological polar surface area (TPSA) is 50.8 Å². The molecule has 0 aliphatic heterocycles. The van der Waals surface area contributed by atoms with Crippen molar-refractivity contribution in [3.63, 3.8) is 0 Å². The van der Waals surface area contributed by atoms with Gasteiger partial charge in [0.15, 0.2) is 5.69 Å². The Morgan fingerprint density at radius 3 is 2.76 bits per heavy atom. The number of benzene rings is 1. The first-order chi connectivity index (χ1) is 9.99. The van der Waals surface area contributed by atoms with E-state index in [9.17, 15) is 13.2 Å². The van der Waals surface area contributed by atoms with Crippen LogP contribution in [0.3, 0.4) is 0 Å². The first kappa shape index (κ1) is 14.9. The number of aryl methyl sites for hydroxylation is 1. The molecular formula is C14H12F3N3O. The molecule has 1 heterocycles. The van der Waals surface area contributed by atoms with Crippen molar-refractivity contribution in [1.82, 2.24) is 9.78 Å². The second-order valence-electron chi connectivity index (χ2n) is 4.30. The third-order valence-corrected chi connectivity index (χ3v) is 2.69. The molecule has 0 amide bonds. The van der Waals surface area contributed by atoms with Crippen LogP contribution in [0.1, 0.15) is 17.7 Å². The normalized spacial score (nSPS) is 11.1. The third-order valence-electron chi connectivity index (χ3n) is 2.69. The van der Waals surface area contributed by atoms with Crippen molar-refractivity contribution in [1.29, 1.82) is 5.26 Å². The van der Waals surface area contributed by atoms with Gasteiger partial charge in [-0.1, -0.05) is 6.07 Å². The number of nitriles is 1. The second-order valence-corrected chi connectivity index (χ2v) is 4.30. The number of halogens is 3. The summed E-state index contributed by atoms with van der Waals surface area (Å²) in [6.07, 6.45) is -2.62. The molecule has 1 aromatic carbocycles. The fraction of sp³-hybridized carbons (Fsp3) is 0.286. The fourth-order valence-corrected chi connectivity index (χ4v) is 1.71. The highest BCUT2D eigenvalue weighted by molar-refractivity contribution is 5.36. The van der Waals surface area contributed by atoms with Gasteiger partial charge in [-0.2, -0.15) is 23.5 Å². The first-order valence-electron chi connectivity index (χ1n) is 6.22. The summed E-state index contributed by atoms with van der Waals surface area (Å²) in [7, 11) is 0. The molecule has 0 saturated heterocycles. The van der Waals surface area contributed by atoms with Gasteiger partial charge in [-0.25, -0.2) is 0 Å². The minimum atomic E-state index is -4.42. The molecular weight excluding hydrogens is 283 g/mol. The van der Waals surface area contributed by atoms with Gasteiger partial charge in [0.1, 0.15) is 5.75 Å². The van der Waals surface area contributed by atoms with Crippen LogP contribution in [0.15, 0.2) is 36.5 Å². The molecule has 1 aromatic heterocycles. The lowest BCUT2D eigenvalue weighted by molar-refractivity contribution is -0.141. The van der Waals surface area contributed by atoms with Gasteiger partial charge in [-0.3, -0.25) is 4.68 Å². The van der Waals surface area contributed by atoms with E-state index in [1.807, 2.05) is 6.07 Å². The average molecular weight is 295 g/mol. The van der Waals surface area contributed by atoms with E-state index in [-0.39, 0.29) is 0 Å². The number of nitrogens with zero attached hydrogens (tertiary/aromatic N) is 3. The highest BCUT2D eigenvalue weighted by Crippen LogP contribution is 2.27. The summed E-state index contributed by atoms with van der Waals surface area (Å²) in [6.45, 7) is 0.657. The molecule has 0 aliphatic carbocycles. The number of aromatic nitrogens is 2. The van der Waals surface area contributed by atoms with Crippen LogP contribution in [-0.2, 0) is 12.7 Å². The predicted octanol–water partition coefficient (Wildman–Crippen LogP) is 3.24. The summed E-state index contributed by atoms with van der Waals surface area (Å²) in [5, 5.41) is 12.2. The maximum atomic E-state index is 12.4. The van der Waals surface area contributed by atoms with Crippen molar-refractivity contribution in [2.24, 2.45) is 0 Å². The SMILES string of the molecule is N#Cc1cccc(OCCCn2ccc(C(F)(F)F)n2)c1. The molecule has 2 rings (SSSR count). The van der Waals surface area contributed by atoms with Crippen LogP contribution in [0.4, 0.5) is 13.2 Å². The molecule has 0 bridgehead atoms. The van der Waals surface area contributed by atoms with E-state index >= 15 is 0 Å². The van der Waals surface area contributed by atoms with Gasteiger partial charge in [0.2, 0.25) is 0 Å². The fourth-order valence-electron chi connectivity index (χ4n) is 1.71. The number of ether oxygens (including phenoxy) is 1. The second kappa shape index (κ2) is 6.31. The summed E-state index contributed by atoms with van der Waals surface area (Å²) in [5.74, 6) is 0.561. The van der Waals surface area contributed by atoms with Crippen LogP contribution in [0.5, 0.6) is 5.75 Å². The molecule has 0 N–H and O–H groups in total. The summed E-state index contributed by atoms with van der Waals surface area (Å²) < 4.78 is 43.7. The monoisotopic (exact) mass is 295 g/mol. The van der Waals surface area contributed by atoms with Crippen molar-refractivity contribution in [2.45, 2.75) is 19.1 Å². The Balaban J connectivity index is 1.79. The zero-order valence-corrected chi connectivity index (χ0v) is 11.0. The molecule has 21 heavy (non-hydrogen) atoms. The summed E-state index contributed by atoms with van der Waals surface area (Å²) >= 11 is 0. The maximum Gasteiger partial charge on any atom is 0.435 e. The summed E-state index contributed by atoms with van der Waals surface area (Å²) in [4.78, 5) is 0. The molecule has 0 spiro atoms. The molecule has 2 aromatic rings. The van der Waals surface area contributed by atoms with Crippen molar-refractivity contribution < 1.29 is 17.9 Å². The Morgan fingerprint density at radius 1 is 1.29 bits per heavy atom. The van der Waals surface area contributed by atoms with Gasteiger partial charge in [0.05, 0.1) is 18.2 Å². The lowest BCUT2D eigenvalue weighted by atomic mass is 10.2. The van der Waals surface area contributed by atoms with E-state index in [4.69, 9.17) is 10.00 Å².